The average molecular weight is 603 g/mol. The van der Waals surface area contributed by atoms with Crippen LogP contribution in [0.1, 0.15) is 30.9 Å². The van der Waals surface area contributed by atoms with Crippen LogP contribution in [-0.2, 0) is 27.3 Å². The second-order valence-corrected chi connectivity index (χ2v) is 13.8. The normalized spacial score (nSPS) is 10.9. The van der Waals surface area contributed by atoms with Crippen molar-refractivity contribution in [3.05, 3.63) is 114 Å². The predicted molar refractivity (Wildman–Crippen MR) is 156 cm³/mol. The number of benzene rings is 4. The summed E-state index contributed by atoms with van der Waals surface area (Å²) >= 11 is -0.826. The van der Waals surface area contributed by atoms with Crippen molar-refractivity contribution in [1.29, 1.82) is 0 Å². The molecule has 0 atom stereocenters. The molecule has 2 radical (unpaired) electrons. The van der Waals surface area contributed by atoms with E-state index < -0.39 is 20.8 Å². The second-order valence-electron chi connectivity index (χ2n) is 8.79. The van der Waals surface area contributed by atoms with Gasteiger partial charge in [-0.2, -0.15) is 35.5 Å². The van der Waals surface area contributed by atoms with E-state index in [1.807, 2.05) is 6.07 Å². The number of hydrogen-bond donors (Lipinski definition) is 0. The largest absolute Gasteiger partial charge is 0.184 e. The smallest absolute Gasteiger partial charge is 0.0920 e. The molecule has 5 aromatic rings. The third-order valence-electron chi connectivity index (χ3n) is 6.37. The number of fused-ring (bicyclic) bond motifs is 4. The average Bonchev–Trinajstić information content (AvgIpc) is 3.50. The molecule has 1 heterocycles. The molecule has 1 aliphatic rings. The molecule has 0 saturated heterocycles. The maximum absolute atomic E-state index is 4.93. The Morgan fingerprint density at radius 3 is 2.39 bits per heavy atom. The van der Waals surface area contributed by atoms with Gasteiger partial charge in [-0.25, -0.2) is 0 Å². The van der Waals surface area contributed by atoms with Crippen LogP contribution < -0.4 is 10.4 Å². The Hall–Kier alpha value is -1.83. The fourth-order valence-corrected chi connectivity index (χ4v) is 6.00. The molecule has 0 N–H and O–H groups in total. The number of halogens is 2. The summed E-state index contributed by atoms with van der Waals surface area (Å²) < 4.78 is 0. The van der Waals surface area contributed by atoms with Gasteiger partial charge >= 0.3 is 37.9 Å². The Morgan fingerprint density at radius 1 is 0.889 bits per heavy atom. The van der Waals surface area contributed by atoms with Gasteiger partial charge in [-0.05, 0) is 18.9 Å². The SMILES string of the molecule is CCCCc1cc2c(-c3ccccc3)c(C)ccc2[cH-]1.[Cl][Zr+2][Cl].[c-]1cccc2c1[Si]c1ccccc1-2. The maximum atomic E-state index is 4.93. The third kappa shape index (κ3) is 6.53. The van der Waals surface area contributed by atoms with Gasteiger partial charge in [0.1, 0.15) is 0 Å². The van der Waals surface area contributed by atoms with Crippen molar-refractivity contribution < 1.29 is 20.8 Å². The van der Waals surface area contributed by atoms with Crippen molar-refractivity contribution in [3.63, 3.8) is 0 Å². The summed E-state index contributed by atoms with van der Waals surface area (Å²) in [5.41, 5.74) is 8.32. The van der Waals surface area contributed by atoms with Crippen LogP contribution in [-0.4, -0.2) is 9.52 Å². The molecule has 0 amide bonds. The van der Waals surface area contributed by atoms with Crippen molar-refractivity contribution in [2.75, 3.05) is 0 Å². The predicted octanol–water partition coefficient (Wildman–Crippen LogP) is 8.38. The fourth-order valence-electron chi connectivity index (χ4n) is 4.69. The molecule has 0 unspecified atom stereocenters. The van der Waals surface area contributed by atoms with E-state index in [0.29, 0.717) is 0 Å². The maximum Gasteiger partial charge on any atom is 0.0920 e. The minimum Gasteiger partial charge on any atom is -0.184 e. The van der Waals surface area contributed by atoms with E-state index in [1.54, 1.807) is 0 Å². The van der Waals surface area contributed by atoms with Gasteiger partial charge in [0.2, 0.25) is 0 Å². The molecule has 36 heavy (non-hydrogen) atoms. The second kappa shape index (κ2) is 13.6. The van der Waals surface area contributed by atoms with Crippen LogP contribution >= 0.6 is 17.0 Å². The topological polar surface area (TPSA) is 0 Å². The quantitative estimate of drug-likeness (QED) is 0.141. The first-order valence-electron chi connectivity index (χ1n) is 12.2. The van der Waals surface area contributed by atoms with E-state index in [0.717, 1.165) is 9.52 Å². The van der Waals surface area contributed by atoms with E-state index in [2.05, 4.69) is 111 Å². The molecule has 0 spiro atoms. The van der Waals surface area contributed by atoms with Crippen LogP contribution in [0.15, 0.2) is 97.1 Å². The Balaban J connectivity index is 0.000000163. The zero-order valence-corrected chi connectivity index (χ0v) is 25.6. The summed E-state index contributed by atoms with van der Waals surface area (Å²) in [5, 5.41) is 5.60. The van der Waals surface area contributed by atoms with Crippen LogP contribution in [0.25, 0.3) is 33.0 Å². The van der Waals surface area contributed by atoms with Crippen molar-refractivity contribution >= 4 is 47.7 Å². The molecule has 0 fully saturated rings. The van der Waals surface area contributed by atoms with Crippen LogP contribution in [0.4, 0.5) is 0 Å². The van der Waals surface area contributed by atoms with Crippen molar-refractivity contribution in [2.24, 2.45) is 0 Å². The van der Waals surface area contributed by atoms with Crippen LogP contribution in [0.2, 0.25) is 0 Å². The van der Waals surface area contributed by atoms with E-state index in [9.17, 15) is 0 Å². The molecule has 178 valence electrons. The van der Waals surface area contributed by atoms with E-state index >= 15 is 0 Å². The van der Waals surface area contributed by atoms with Gasteiger partial charge in [-0.3, -0.25) is 0 Å². The molecular formula is C32H28Cl2SiZr. The Kier molecular flexibility index (Phi) is 10.3. The summed E-state index contributed by atoms with van der Waals surface area (Å²) in [4.78, 5) is 0. The minimum atomic E-state index is -0.826. The molecule has 0 aliphatic carbocycles. The summed E-state index contributed by atoms with van der Waals surface area (Å²) in [6.07, 6.45) is 3.72. The van der Waals surface area contributed by atoms with Gasteiger partial charge in [0, 0.05) is 0 Å². The summed E-state index contributed by atoms with van der Waals surface area (Å²) in [6, 6.07) is 38.2. The molecule has 0 bridgehead atoms. The monoisotopic (exact) mass is 600 g/mol. The van der Waals surface area contributed by atoms with Gasteiger partial charge in [0.05, 0.1) is 9.52 Å². The fraction of sp³-hybridized carbons (Fsp3) is 0.156. The van der Waals surface area contributed by atoms with Gasteiger partial charge in [0.15, 0.2) is 0 Å². The molecule has 0 nitrogen and oxygen atoms in total. The Labute approximate surface area is 236 Å². The number of unbranched alkanes of at least 4 members (excludes halogenated alkanes) is 1. The van der Waals surface area contributed by atoms with Crippen LogP contribution in [0, 0.1) is 13.0 Å². The first kappa shape index (κ1) is 27.2. The number of aryl methyl sites for hydroxylation is 2. The van der Waals surface area contributed by atoms with Gasteiger partial charge in [0.25, 0.3) is 0 Å². The van der Waals surface area contributed by atoms with Crippen molar-refractivity contribution in [1.82, 2.24) is 0 Å². The molecule has 1 aliphatic heterocycles. The summed E-state index contributed by atoms with van der Waals surface area (Å²) in [6.45, 7) is 4.46. The standard InChI is InChI=1S/C20H21.C12H7Si.2ClH.Zr/c1-3-4-8-16-13-18-12-11-15(2)20(19(18)14-16)17-9-6-5-7-10-17;1-3-7-11-9(5-1)10-6-2-4-8-12(10)13-11;;;/h5-7,9-14H,3-4,8H2,1-2H3;1-7H;2*1H;/q2*-1;;;+4/p-2. The van der Waals surface area contributed by atoms with Crippen LogP contribution in [0.3, 0.4) is 0 Å². The molecule has 5 aromatic carbocycles. The molecular weight excluding hydrogens is 575 g/mol. The molecule has 4 heteroatoms. The number of rotatable bonds is 4. The summed E-state index contributed by atoms with van der Waals surface area (Å²) in [5.74, 6) is 0. The van der Waals surface area contributed by atoms with Gasteiger partial charge in [-0.1, -0.05) is 96.2 Å². The zero-order chi connectivity index (χ0) is 25.3. The van der Waals surface area contributed by atoms with Crippen molar-refractivity contribution in [3.8, 4) is 22.3 Å². The molecule has 0 aromatic heterocycles. The van der Waals surface area contributed by atoms with E-state index in [-0.39, 0.29) is 0 Å². The number of hydrogen-bond acceptors (Lipinski definition) is 0. The third-order valence-corrected chi connectivity index (χ3v) is 7.74. The van der Waals surface area contributed by atoms with Crippen LogP contribution in [0.5, 0.6) is 0 Å². The first-order valence-corrected chi connectivity index (χ1v) is 19.6. The molecule has 6 rings (SSSR count). The summed E-state index contributed by atoms with van der Waals surface area (Å²) in [7, 11) is 10.7. The van der Waals surface area contributed by atoms with Gasteiger partial charge < -0.3 is 0 Å². The van der Waals surface area contributed by atoms with E-state index in [1.165, 1.54) is 73.8 Å². The molecule has 0 saturated carbocycles. The minimum absolute atomic E-state index is 0.795. The Bertz CT molecular complexity index is 1370. The zero-order valence-electron chi connectivity index (χ0n) is 20.6. The van der Waals surface area contributed by atoms with E-state index in [4.69, 9.17) is 17.0 Å². The van der Waals surface area contributed by atoms with Crippen molar-refractivity contribution in [2.45, 2.75) is 33.1 Å². The van der Waals surface area contributed by atoms with Gasteiger partial charge in [-0.15, -0.1) is 40.1 Å². The first-order chi connectivity index (χ1) is 17.7. The Morgan fingerprint density at radius 2 is 1.61 bits per heavy atom.